The molecule has 138 valence electrons. The van der Waals surface area contributed by atoms with Crippen LogP contribution in [0, 0.1) is 0 Å². The number of rotatable bonds is 6. The maximum atomic E-state index is 12.3. The van der Waals surface area contributed by atoms with Crippen molar-refractivity contribution in [1.29, 1.82) is 0 Å². The van der Waals surface area contributed by atoms with Crippen molar-refractivity contribution in [2.45, 2.75) is 6.42 Å². The number of benzene rings is 1. The van der Waals surface area contributed by atoms with Crippen LogP contribution in [0.4, 0.5) is 0 Å². The lowest BCUT2D eigenvalue weighted by molar-refractivity contribution is 0.0947. The minimum Gasteiger partial charge on any atom is -0.454 e. The van der Waals surface area contributed by atoms with Crippen molar-refractivity contribution in [1.82, 2.24) is 20.5 Å². The molecule has 0 unspecified atom stereocenters. The van der Waals surface area contributed by atoms with E-state index >= 15 is 0 Å². The van der Waals surface area contributed by atoms with Crippen LogP contribution < -0.4 is 20.1 Å². The second-order valence-corrected chi connectivity index (χ2v) is 7.17. The Morgan fingerprint density at radius 1 is 1.27 bits per heavy atom. The van der Waals surface area contributed by atoms with Gasteiger partial charge in [0.1, 0.15) is 10.7 Å². The number of piperazine rings is 1. The van der Waals surface area contributed by atoms with Gasteiger partial charge in [-0.2, -0.15) is 0 Å². The summed E-state index contributed by atoms with van der Waals surface area (Å²) in [7, 11) is 0. The van der Waals surface area contributed by atoms with E-state index in [9.17, 15) is 4.79 Å². The first-order chi connectivity index (χ1) is 12.8. The number of fused-ring (bicyclic) bond motifs is 1. The van der Waals surface area contributed by atoms with E-state index in [1.807, 2.05) is 18.2 Å². The largest absolute Gasteiger partial charge is 0.454 e. The summed E-state index contributed by atoms with van der Waals surface area (Å²) in [6.45, 7) is 6.19. The Bertz CT molecular complexity index is 774. The molecule has 1 saturated heterocycles. The smallest absolute Gasteiger partial charge is 0.270 e. The van der Waals surface area contributed by atoms with Crippen molar-refractivity contribution in [3.63, 3.8) is 0 Å². The highest BCUT2D eigenvalue weighted by molar-refractivity contribution is 7.13. The molecule has 0 radical (unpaired) electrons. The number of hydrogen-bond acceptors (Lipinski definition) is 7. The minimum atomic E-state index is -0.117. The van der Waals surface area contributed by atoms with Gasteiger partial charge in [0.15, 0.2) is 11.5 Å². The van der Waals surface area contributed by atoms with E-state index in [-0.39, 0.29) is 12.7 Å². The monoisotopic (exact) mass is 374 g/mol. The Hall–Kier alpha value is -2.16. The average molecular weight is 374 g/mol. The van der Waals surface area contributed by atoms with E-state index in [0.29, 0.717) is 12.2 Å². The van der Waals surface area contributed by atoms with E-state index in [1.165, 1.54) is 11.3 Å². The number of hydrogen-bond donors (Lipinski definition) is 2. The summed E-state index contributed by atoms with van der Waals surface area (Å²) in [5.41, 5.74) is 1.39. The van der Waals surface area contributed by atoms with Crippen LogP contribution in [-0.4, -0.2) is 61.9 Å². The molecule has 0 atom stereocenters. The maximum Gasteiger partial charge on any atom is 0.270 e. The van der Waals surface area contributed by atoms with Gasteiger partial charge in [0, 0.05) is 43.7 Å². The summed E-state index contributed by atoms with van der Waals surface area (Å²) in [6.07, 6.45) is 0.949. The number of thiazole rings is 1. The Morgan fingerprint density at radius 2 is 2.12 bits per heavy atom. The lowest BCUT2D eigenvalue weighted by atomic mass is 10.2. The Morgan fingerprint density at radius 3 is 3.00 bits per heavy atom. The van der Waals surface area contributed by atoms with Gasteiger partial charge in [-0.25, -0.2) is 4.98 Å². The molecule has 0 spiro atoms. The number of nitrogens with zero attached hydrogens (tertiary/aromatic N) is 2. The SMILES string of the molecule is O=C(NCCCN1CCNCC1)c1csc(-c2ccc3c(c2)OCO3)n1. The van der Waals surface area contributed by atoms with Gasteiger partial charge in [0.25, 0.3) is 5.91 Å². The summed E-state index contributed by atoms with van der Waals surface area (Å²) in [5, 5.41) is 8.90. The molecule has 4 rings (SSSR count). The molecular weight excluding hydrogens is 352 g/mol. The molecule has 1 amide bonds. The average Bonchev–Trinajstić information content (AvgIpc) is 3.34. The standard InChI is InChI=1S/C18H22N4O3S/c23-17(20-4-1-7-22-8-5-19-6-9-22)14-11-26-18(21-14)13-2-3-15-16(10-13)25-12-24-15/h2-3,10-11,19H,1,4-9,12H2,(H,20,23). The first-order valence-corrected chi connectivity index (χ1v) is 9.74. The van der Waals surface area contributed by atoms with Gasteiger partial charge < -0.3 is 25.0 Å². The van der Waals surface area contributed by atoms with Crippen LogP contribution in [0.2, 0.25) is 0 Å². The van der Waals surface area contributed by atoms with Gasteiger partial charge in [0.05, 0.1) is 0 Å². The highest BCUT2D eigenvalue weighted by Gasteiger charge is 2.17. The Kier molecular flexibility index (Phi) is 5.33. The van der Waals surface area contributed by atoms with Crippen LogP contribution in [0.15, 0.2) is 23.6 Å². The molecule has 3 heterocycles. The van der Waals surface area contributed by atoms with Crippen LogP contribution >= 0.6 is 11.3 Å². The van der Waals surface area contributed by atoms with Gasteiger partial charge in [-0.05, 0) is 31.2 Å². The van der Waals surface area contributed by atoms with Crippen LogP contribution in [0.1, 0.15) is 16.9 Å². The number of carbonyl (C=O) groups is 1. The maximum absolute atomic E-state index is 12.3. The summed E-state index contributed by atoms with van der Waals surface area (Å²) in [4.78, 5) is 19.2. The van der Waals surface area contributed by atoms with Crippen LogP contribution in [0.5, 0.6) is 11.5 Å². The molecule has 7 nitrogen and oxygen atoms in total. The number of amides is 1. The molecule has 26 heavy (non-hydrogen) atoms. The zero-order valence-electron chi connectivity index (χ0n) is 14.5. The van der Waals surface area contributed by atoms with E-state index in [0.717, 1.165) is 61.2 Å². The van der Waals surface area contributed by atoms with Crippen molar-refractivity contribution in [3.05, 3.63) is 29.3 Å². The number of ether oxygens (including phenoxy) is 2. The van der Waals surface area contributed by atoms with Gasteiger partial charge in [0.2, 0.25) is 6.79 Å². The third-order valence-electron chi connectivity index (χ3n) is 4.50. The van der Waals surface area contributed by atoms with Gasteiger partial charge >= 0.3 is 0 Å². The first kappa shape index (κ1) is 17.3. The third kappa shape index (κ3) is 3.98. The predicted octanol–water partition coefficient (Wildman–Crippen LogP) is 1.56. The third-order valence-corrected chi connectivity index (χ3v) is 5.39. The van der Waals surface area contributed by atoms with Gasteiger partial charge in [-0.3, -0.25) is 4.79 Å². The molecular formula is C18H22N4O3S. The molecule has 0 saturated carbocycles. The molecule has 2 aliphatic rings. The molecule has 1 aromatic heterocycles. The minimum absolute atomic E-state index is 0.117. The van der Waals surface area contributed by atoms with Crippen molar-refractivity contribution in [3.8, 4) is 22.1 Å². The predicted molar refractivity (Wildman–Crippen MR) is 99.9 cm³/mol. The topological polar surface area (TPSA) is 75.7 Å². The summed E-state index contributed by atoms with van der Waals surface area (Å²) in [5.74, 6) is 1.35. The zero-order valence-corrected chi connectivity index (χ0v) is 15.3. The van der Waals surface area contributed by atoms with Gasteiger partial charge in [-0.15, -0.1) is 11.3 Å². The molecule has 2 aliphatic heterocycles. The second kappa shape index (κ2) is 8.03. The fourth-order valence-electron chi connectivity index (χ4n) is 3.07. The summed E-state index contributed by atoms with van der Waals surface area (Å²) < 4.78 is 10.7. The normalized spacial score (nSPS) is 16.6. The summed E-state index contributed by atoms with van der Waals surface area (Å²) in [6, 6.07) is 5.70. The Balaban J connectivity index is 1.29. The van der Waals surface area contributed by atoms with Crippen molar-refractivity contribution in [2.75, 3.05) is 46.1 Å². The number of aromatic nitrogens is 1. The van der Waals surface area contributed by atoms with Crippen molar-refractivity contribution < 1.29 is 14.3 Å². The molecule has 2 N–H and O–H groups in total. The van der Waals surface area contributed by atoms with E-state index < -0.39 is 0 Å². The van der Waals surface area contributed by atoms with Crippen LogP contribution in [-0.2, 0) is 0 Å². The van der Waals surface area contributed by atoms with Crippen LogP contribution in [0.25, 0.3) is 10.6 Å². The van der Waals surface area contributed by atoms with Crippen LogP contribution in [0.3, 0.4) is 0 Å². The second-order valence-electron chi connectivity index (χ2n) is 6.31. The zero-order chi connectivity index (χ0) is 17.8. The van der Waals surface area contributed by atoms with E-state index in [1.54, 1.807) is 5.38 Å². The lowest BCUT2D eigenvalue weighted by Crippen LogP contribution is -2.44. The molecule has 0 bridgehead atoms. The fourth-order valence-corrected chi connectivity index (χ4v) is 3.87. The highest BCUT2D eigenvalue weighted by Crippen LogP contribution is 2.36. The quantitative estimate of drug-likeness (QED) is 0.748. The molecule has 1 fully saturated rings. The summed E-state index contributed by atoms with van der Waals surface area (Å²) >= 11 is 1.45. The Labute approximate surface area is 156 Å². The number of nitrogens with one attached hydrogen (secondary N) is 2. The first-order valence-electron chi connectivity index (χ1n) is 8.86. The lowest BCUT2D eigenvalue weighted by Gasteiger charge is -2.26. The van der Waals surface area contributed by atoms with Crippen molar-refractivity contribution >= 4 is 17.2 Å². The highest BCUT2D eigenvalue weighted by atomic mass is 32.1. The molecule has 2 aromatic rings. The van der Waals surface area contributed by atoms with Gasteiger partial charge in [-0.1, -0.05) is 0 Å². The fraction of sp³-hybridized carbons (Fsp3) is 0.444. The molecule has 8 heteroatoms. The van der Waals surface area contributed by atoms with E-state index in [2.05, 4.69) is 20.5 Å². The van der Waals surface area contributed by atoms with E-state index in [4.69, 9.17) is 9.47 Å². The molecule has 1 aromatic carbocycles. The van der Waals surface area contributed by atoms with Crippen molar-refractivity contribution in [2.24, 2.45) is 0 Å². The number of carbonyl (C=O) groups excluding carboxylic acids is 1. The molecule has 0 aliphatic carbocycles.